The third-order valence-corrected chi connectivity index (χ3v) is 5.50. The predicted molar refractivity (Wildman–Crippen MR) is 111 cm³/mol. The van der Waals surface area contributed by atoms with Crippen LogP contribution in [0.1, 0.15) is 33.1 Å². The molecule has 2 aliphatic heterocycles. The molecule has 2 aliphatic rings. The van der Waals surface area contributed by atoms with Gasteiger partial charge in [-0.3, -0.25) is 14.4 Å². The minimum Gasteiger partial charge on any atom is -0.463 e. The highest BCUT2D eigenvalue weighted by Gasteiger charge is 2.33. The number of nitrogens with one attached hydrogen (secondary N) is 1. The fourth-order valence-electron chi connectivity index (χ4n) is 3.80. The highest BCUT2D eigenvalue weighted by molar-refractivity contribution is 5.88. The maximum atomic E-state index is 12.7. The number of likely N-dealkylation sites (tertiary alicyclic amines) is 1. The monoisotopic (exact) mass is 427 g/mol. The number of rotatable bonds is 11. The van der Waals surface area contributed by atoms with Crippen LogP contribution >= 0.6 is 0 Å². The highest BCUT2D eigenvalue weighted by Crippen LogP contribution is 2.19. The lowest BCUT2D eigenvalue weighted by atomic mass is 9.97. The molecule has 30 heavy (non-hydrogen) atoms. The Kier molecular flexibility index (Phi) is 10.5. The topological polar surface area (TPSA) is 97.4 Å². The van der Waals surface area contributed by atoms with Crippen LogP contribution in [0.2, 0.25) is 0 Å². The average molecular weight is 428 g/mol. The van der Waals surface area contributed by atoms with Gasteiger partial charge in [-0.2, -0.15) is 0 Å². The summed E-state index contributed by atoms with van der Waals surface area (Å²) in [5.41, 5.74) is 0. The molecule has 2 heterocycles. The third kappa shape index (κ3) is 7.85. The van der Waals surface area contributed by atoms with Gasteiger partial charge in [0.2, 0.25) is 11.8 Å². The van der Waals surface area contributed by atoms with Crippen molar-refractivity contribution in [2.75, 3.05) is 66.3 Å². The van der Waals surface area contributed by atoms with Gasteiger partial charge in [-0.15, -0.1) is 0 Å². The fraction of sp³-hybridized carbons (Fsp3) is 0.857. The zero-order valence-electron chi connectivity index (χ0n) is 18.6. The first kappa shape index (κ1) is 24.6. The second kappa shape index (κ2) is 12.9. The number of hydrogen-bond donors (Lipinski definition) is 1. The van der Waals surface area contributed by atoms with Crippen LogP contribution in [0.3, 0.4) is 0 Å². The zero-order chi connectivity index (χ0) is 21.9. The van der Waals surface area contributed by atoms with E-state index >= 15 is 0 Å². The molecule has 0 aromatic rings. The summed E-state index contributed by atoms with van der Waals surface area (Å²) in [6, 6.07) is -0.203. The van der Waals surface area contributed by atoms with Gasteiger partial charge in [0.15, 0.2) is 0 Å². The highest BCUT2D eigenvalue weighted by atomic mass is 16.6. The molecule has 0 bridgehead atoms. The Morgan fingerprint density at radius 3 is 2.47 bits per heavy atom. The zero-order valence-corrected chi connectivity index (χ0v) is 18.6. The molecule has 2 fully saturated rings. The van der Waals surface area contributed by atoms with Gasteiger partial charge >= 0.3 is 5.97 Å². The number of amides is 2. The molecule has 2 amide bonds. The van der Waals surface area contributed by atoms with Crippen LogP contribution in [-0.4, -0.2) is 99.9 Å². The lowest BCUT2D eigenvalue weighted by Crippen LogP contribution is -2.57. The lowest BCUT2D eigenvalue weighted by molar-refractivity contribution is -0.153. The maximum absolute atomic E-state index is 12.7. The number of nitrogens with zero attached hydrogens (tertiary/aromatic N) is 2. The molecule has 9 heteroatoms. The Hall–Kier alpha value is -1.71. The Morgan fingerprint density at radius 2 is 1.80 bits per heavy atom. The minimum atomic E-state index is -0.230. The molecular weight excluding hydrogens is 390 g/mol. The second-order valence-electron chi connectivity index (χ2n) is 8.32. The summed E-state index contributed by atoms with van der Waals surface area (Å²) in [5.74, 6) is -0.0466. The van der Waals surface area contributed by atoms with Crippen LogP contribution in [0.4, 0.5) is 0 Å². The Labute approximate surface area is 179 Å². The number of piperidine rings is 1. The largest absolute Gasteiger partial charge is 0.463 e. The molecular formula is C21H37N3O6. The second-order valence-corrected chi connectivity index (χ2v) is 8.32. The van der Waals surface area contributed by atoms with Crippen molar-refractivity contribution in [3.05, 3.63) is 0 Å². The molecule has 9 nitrogen and oxygen atoms in total. The third-order valence-electron chi connectivity index (χ3n) is 5.50. The number of carbonyl (C=O) groups excluding carboxylic acids is 3. The molecule has 0 saturated carbocycles. The van der Waals surface area contributed by atoms with E-state index in [1.54, 1.807) is 16.9 Å². The van der Waals surface area contributed by atoms with E-state index in [9.17, 15) is 14.4 Å². The van der Waals surface area contributed by atoms with E-state index in [-0.39, 0.29) is 42.9 Å². The van der Waals surface area contributed by atoms with E-state index in [2.05, 4.69) is 19.2 Å². The van der Waals surface area contributed by atoms with Gasteiger partial charge in [0.1, 0.15) is 6.61 Å². The van der Waals surface area contributed by atoms with Crippen molar-refractivity contribution in [1.82, 2.24) is 15.1 Å². The van der Waals surface area contributed by atoms with Crippen molar-refractivity contribution in [2.45, 2.75) is 39.2 Å². The quantitative estimate of drug-likeness (QED) is 0.374. The summed E-state index contributed by atoms with van der Waals surface area (Å²) in [4.78, 5) is 40.9. The van der Waals surface area contributed by atoms with Crippen molar-refractivity contribution >= 4 is 17.8 Å². The molecule has 0 unspecified atom stereocenters. The van der Waals surface area contributed by atoms with Crippen molar-refractivity contribution < 1.29 is 28.6 Å². The summed E-state index contributed by atoms with van der Waals surface area (Å²) in [5, 5.41) is 3.25. The first-order chi connectivity index (χ1) is 14.4. The van der Waals surface area contributed by atoms with Crippen LogP contribution < -0.4 is 5.32 Å². The lowest BCUT2D eigenvalue weighted by Gasteiger charge is -2.36. The average Bonchev–Trinajstić information content (AvgIpc) is 2.73. The van der Waals surface area contributed by atoms with E-state index in [1.165, 1.54) is 0 Å². The maximum Gasteiger partial charge on any atom is 0.309 e. The van der Waals surface area contributed by atoms with Gasteiger partial charge in [0.05, 0.1) is 38.3 Å². The summed E-state index contributed by atoms with van der Waals surface area (Å²) in [7, 11) is 1.60. The fourth-order valence-corrected chi connectivity index (χ4v) is 3.80. The number of methoxy groups -OCH3 is 1. The van der Waals surface area contributed by atoms with Gasteiger partial charge in [-0.1, -0.05) is 13.8 Å². The van der Waals surface area contributed by atoms with Gasteiger partial charge in [-0.25, -0.2) is 0 Å². The summed E-state index contributed by atoms with van der Waals surface area (Å²) in [6.45, 7) is 8.13. The number of carbonyl (C=O) groups is 3. The van der Waals surface area contributed by atoms with Crippen LogP contribution in [0.15, 0.2) is 0 Å². The number of ether oxygens (including phenoxy) is 3. The van der Waals surface area contributed by atoms with E-state index in [1.807, 2.05) is 0 Å². The summed E-state index contributed by atoms with van der Waals surface area (Å²) < 4.78 is 15.4. The predicted octanol–water partition coefficient (Wildman–Crippen LogP) is 0.278. The molecule has 0 aromatic carbocycles. The van der Waals surface area contributed by atoms with Crippen LogP contribution in [0, 0.1) is 11.8 Å². The molecule has 0 aliphatic carbocycles. The van der Waals surface area contributed by atoms with Crippen LogP contribution in [-0.2, 0) is 28.6 Å². The van der Waals surface area contributed by atoms with E-state index in [4.69, 9.17) is 14.2 Å². The van der Waals surface area contributed by atoms with Crippen LogP contribution in [0.25, 0.3) is 0 Å². The van der Waals surface area contributed by atoms with Crippen molar-refractivity contribution in [3.8, 4) is 0 Å². The normalized spacial score (nSPS) is 20.7. The molecule has 172 valence electrons. The standard InChI is InChI=1S/C21H37N3O6/c1-16(2)14-18-20(26)24(9-6-22-18)15-19(25)23-7-4-17(5-8-23)21(27)30-13-12-29-11-10-28-3/h16-18,22H,4-15H2,1-3H3/t18-/m0/s1. The molecule has 1 atom stereocenters. The van der Waals surface area contributed by atoms with Gasteiger partial charge < -0.3 is 29.3 Å². The summed E-state index contributed by atoms with van der Waals surface area (Å²) in [6.07, 6.45) is 1.94. The smallest absolute Gasteiger partial charge is 0.309 e. The Balaban J connectivity index is 1.68. The first-order valence-corrected chi connectivity index (χ1v) is 11.0. The van der Waals surface area contributed by atoms with E-state index in [0.29, 0.717) is 64.8 Å². The van der Waals surface area contributed by atoms with Crippen molar-refractivity contribution in [3.63, 3.8) is 0 Å². The van der Waals surface area contributed by atoms with E-state index < -0.39 is 0 Å². The van der Waals surface area contributed by atoms with Crippen molar-refractivity contribution in [1.29, 1.82) is 0 Å². The number of piperazine rings is 1. The minimum absolute atomic E-state index is 0.00878. The molecule has 0 aromatic heterocycles. The van der Waals surface area contributed by atoms with Gasteiger partial charge in [0, 0.05) is 33.3 Å². The Morgan fingerprint density at radius 1 is 1.10 bits per heavy atom. The van der Waals surface area contributed by atoms with E-state index in [0.717, 1.165) is 6.42 Å². The molecule has 2 saturated heterocycles. The number of hydrogen-bond acceptors (Lipinski definition) is 7. The van der Waals surface area contributed by atoms with Crippen LogP contribution in [0.5, 0.6) is 0 Å². The first-order valence-electron chi connectivity index (χ1n) is 11.0. The van der Waals surface area contributed by atoms with Gasteiger partial charge in [-0.05, 0) is 25.2 Å². The Bertz CT molecular complexity index is 563. The molecule has 2 rings (SSSR count). The number of esters is 1. The molecule has 0 radical (unpaired) electrons. The van der Waals surface area contributed by atoms with Crippen molar-refractivity contribution in [2.24, 2.45) is 11.8 Å². The molecule has 0 spiro atoms. The summed E-state index contributed by atoms with van der Waals surface area (Å²) >= 11 is 0. The van der Waals surface area contributed by atoms with Gasteiger partial charge in [0.25, 0.3) is 0 Å². The SMILES string of the molecule is COCCOCCOC(=O)C1CCN(C(=O)CN2CCN[C@@H](CC(C)C)C2=O)CC1. The molecule has 1 N–H and O–H groups in total.